The number of ether oxygens (including phenoxy) is 3. The van der Waals surface area contributed by atoms with Crippen molar-refractivity contribution in [3.63, 3.8) is 0 Å². The van der Waals surface area contributed by atoms with Gasteiger partial charge in [-0.15, -0.1) is 0 Å². The molecule has 5 atom stereocenters. The predicted octanol–water partition coefficient (Wildman–Crippen LogP) is 5.31. The summed E-state index contributed by atoms with van der Waals surface area (Å²) in [7, 11) is 5.20. The summed E-state index contributed by atoms with van der Waals surface area (Å²) >= 11 is 0. The van der Waals surface area contributed by atoms with Gasteiger partial charge >= 0.3 is 12.1 Å². The van der Waals surface area contributed by atoms with E-state index in [0.29, 0.717) is 19.3 Å². The Morgan fingerprint density at radius 2 is 1.77 bits per heavy atom. The Labute approximate surface area is 235 Å². The molecule has 5 rings (SSSR count). The molecule has 4 aliphatic rings. The zero-order valence-corrected chi connectivity index (χ0v) is 24.1. The van der Waals surface area contributed by atoms with Crippen molar-refractivity contribution in [2.24, 2.45) is 17.3 Å². The van der Waals surface area contributed by atoms with Crippen molar-refractivity contribution >= 4 is 29.4 Å². The molecule has 214 valence electrons. The molecule has 1 aromatic rings. The number of benzene rings is 1. The number of carbonyl (C=O) groups excluding carboxylic acids is 4. The Morgan fingerprint density at radius 3 is 2.42 bits per heavy atom. The number of rotatable bonds is 6. The number of hydrogen-bond acceptors (Lipinski definition) is 8. The maximum Gasteiger partial charge on any atom is 0.508 e. The Bertz CT molecular complexity index is 1290. The van der Waals surface area contributed by atoms with Crippen LogP contribution in [-0.4, -0.2) is 57.1 Å². The van der Waals surface area contributed by atoms with Crippen molar-refractivity contribution in [1.82, 2.24) is 0 Å². The van der Waals surface area contributed by atoms with Gasteiger partial charge in [0.1, 0.15) is 0 Å². The first-order valence-corrected chi connectivity index (χ1v) is 14.2. The molecule has 40 heavy (non-hydrogen) atoms. The molecule has 0 N–H and O–H groups in total. The number of ketones is 2. The highest BCUT2D eigenvalue weighted by molar-refractivity contribution is 5.94. The van der Waals surface area contributed by atoms with Gasteiger partial charge in [0.25, 0.3) is 0 Å². The van der Waals surface area contributed by atoms with E-state index in [9.17, 15) is 19.2 Å². The van der Waals surface area contributed by atoms with Gasteiger partial charge in [0.05, 0.1) is 7.11 Å². The fourth-order valence-electron chi connectivity index (χ4n) is 8.18. The summed E-state index contributed by atoms with van der Waals surface area (Å²) < 4.78 is 15.7. The average molecular weight is 550 g/mol. The number of fused-ring (bicyclic) bond motifs is 4. The van der Waals surface area contributed by atoms with Crippen LogP contribution < -0.4 is 4.90 Å². The maximum atomic E-state index is 13.9. The molecule has 0 radical (unpaired) electrons. The van der Waals surface area contributed by atoms with Crippen molar-refractivity contribution in [3.8, 4) is 0 Å². The summed E-state index contributed by atoms with van der Waals surface area (Å²) in [6.07, 6.45) is 5.57. The van der Waals surface area contributed by atoms with E-state index in [1.54, 1.807) is 0 Å². The van der Waals surface area contributed by atoms with Crippen molar-refractivity contribution in [2.45, 2.75) is 70.3 Å². The fraction of sp³-hybridized carbons (Fsp3) is 0.562. The van der Waals surface area contributed by atoms with Gasteiger partial charge in [0, 0.05) is 44.5 Å². The second-order valence-corrected chi connectivity index (χ2v) is 12.1. The molecule has 2 unspecified atom stereocenters. The minimum Gasteiger partial charge on any atom is -0.450 e. The third-order valence-electron chi connectivity index (χ3n) is 9.92. The molecule has 4 aliphatic carbocycles. The quantitative estimate of drug-likeness (QED) is 0.441. The van der Waals surface area contributed by atoms with Crippen LogP contribution in [0.15, 0.2) is 47.1 Å². The van der Waals surface area contributed by atoms with Gasteiger partial charge < -0.3 is 19.1 Å². The largest absolute Gasteiger partial charge is 0.508 e. The monoisotopic (exact) mass is 549 g/mol. The second kappa shape index (κ2) is 10.5. The normalized spacial score (nSPS) is 30.9. The zero-order valence-electron chi connectivity index (χ0n) is 24.1. The number of nitrogens with zero attached hydrogens (tertiary/aromatic N) is 1. The first-order chi connectivity index (χ1) is 19.0. The van der Waals surface area contributed by atoms with Crippen LogP contribution in [0.5, 0.6) is 0 Å². The van der Waals surface area contributed by atoms with Gasteiger partial charge in [0.2, 0.25) is 5.78 Å². The molecule has 0 aliphatic heterocycles. The van der Waals surface area contributed by atoms with Crippen molar-refractivity contribution in [1.29, 1.82) is 0 Å². The van der Waals surface area contributed by atoms with Gasteiger partial charge in [-0.05, 0) is 85.3 Å². The standard InChI is InChI=1S/C32H39NO7/c1-19(34)40-32(28(36)18-39-30(37)38-5)15-14-27-25-12-8-21-16-23(35)11-13-24(21)29(25)26(17-31(27,32)2)20-6-9-22(10-7-20)33(3)4/h6-7,9-10,16,25-27H,8,11-15,17-18H2,1-5H3/t25?,26-,27?,31+,32+/m1/s1. The smallest absolute Gasteiger partial charge is 0.450 e. The van der Waals surface area contributed by atoms with E-state index >= 15 is 0 Å². The highest BCUT2D eigenvalue weighted by Crippen LogP contribution is 2.67. The minimum absolute atomic E-state index is 0.00303. The van der Waals surface area contributed by atoms with E-state index in [4.69, 9.17) is 9.47 Å². The molecular formula is C32H39NO7. The first kappa shape index (κ1) is 28.1. The zero-order chi connectivity index (χ0) is 28.8. The minimum atomic E-state index is -1.41. The second-order valence-electron chi connectivity index (χ2n) is 12.1. The molecule has 1 aromatic carbocycles. The maximum absolute atomic E-state index is 13.9. The van der Waals surface area contributed by atoms with Gasteiger partial charge in [0.15, 0.2) is 18.0 Å². The summed E-state index contributed by atoms with van der Waals surface area (Å²) in [5.74, 6) is -0.440. The molecule has 0 spiro atoms. The van der Waals surface area contributed by atoms with Crippen LogP contribution in [0.1, 0.15) is 70.3 Å². The SMILES string of the molecule is COC(=O)OCC(=O)[C@@]1(OC(C)=O)CCC2C3CCC4=CC(=O)CCC4=C3[C@@H](c3ccc(N(C)C)cc3)C[C@@]21C. The third-order valence-corrected chi connectivity index (χ3v) is 9.92. The molecule has 8 nitrogen and oxygen atoms in total. The number of methoxy groups -OCH3 is 1. The highest BCUT2D eigenvalue weighted by atomic mass is 16.7. The summed E-state index contributed by atoms with van der Waals surface area (Å²) in [5.41, 5.74) is 4.02. The van der Waals surface area contributed by atoms with Gasteiger partial charge in [-0.2, -0.15) is 0 Å². The molecule has 8 heteroatoms. The summed E-state index contributed by atoms with van der Waals surface area (Å²) in [5, 5.41) is 0. The van der Waals surface area contributed by atoms with E-state index in [-0.39, 0.29) is 23.5 Å². The molecule has 0 aromatic heterocycles. The number of anilines is 1. The Hall–Kier alpha value is -3.42. The van der Waals surface area contributed by atoms with Crippen LogP contribution in [0, 0.1) is 17.3 Å². The lowest BCUT2D eigenvalue weighted by molar-refractivity contribution is -0.185. The van der Waals surface area contributed by atoms with Crippen LogP contribution >= 0.6 is 0 Å². The molecule has 0 amide bonds. The van der Waals surface area contributed by atoms with Crippen molar-refractivity contribution in [2.75, 3.05) is 32.7 Å². The Morgan fingerprint density at radius 1 is 1.05 bits per heavy atom. The number of carbonyl (C=O) groups is 4. The molecule has 2 saturated carbocycles. The van der Waals surface area contributed by atoms with E-state index in [2.05, 4.69) is 40.8 Å². The first-order valence-electron chi connectivity index (χ1n) is 14.2. The molecule has 2 fully saturated rings. The summed E-state index contributed by atoms with van der Waals surface area (Å²) in [6, 6.07) is 8.53. The van der Waals surface area contributed by atoms with Gasteiger partial charge in [-0.25, -0.2) is 4.79 Å². The van der Waals surface area contributed by atoms with Crippen LogP contribution in [0.3, 0.4) is 0 Å². The van der Waals surface area contributed by atoms with Gasteiger partial charge in [-0.1, -0.05) is 24.6 Å². The van der Waals surface area contributed by atoms with E-state index < -0.39 is 35.5 Å². The van der Waals surface area contributed by atoms with Crippen LogP contribution in [0.4, 0.5) is 10.5 Å². The molecular weight excluding hydrogens is 510 g/mol. The summed E-state index contributed by atoms with van der Waals surface area (Å²) in [4.78, 5) is 52.5. The van der Waals surface area contributed by atoms with Crippen molar-refractivity contribution < 1.29 is 33.4 Å². The van der Waals surface area contributed by atoms with Crippen LogP contribution in [-0.2, 0) is 28.6 Å². The van der Waals surface area contributed by atoms with Gasteiger partial charge in [-0.3, -0.25) is 14.4 Å². The predicted molar refractivity (Wildman–Crippen MR) is 149 cm³/mol. The molecule has 0 heterocycles. The third kappa shape index (κ3) is 4.55. The van der Waals surface area contributed by atoms with E-state index in [0.717, 1.165) is 42.5 Å². The lowest BCUT2D eigenvalue weighted by atomic mass is 9.50. The van der Waals surface area contributed by atoms with Crippen LogP contribution in [0.2, 0.25) is 0 Å². The van der Waals surface area contributed by atoms with Crippen molar-refractivity contribution in [3.05, 3.63) is 52.6 Å². The number of hydrogen-bond donors (Lipinski definition) is 0. The molecule has 0 saturated heterocycles. The molecule has 0 bridgehead atoms. The van der Waals surface area contributed by atoms with E-state index in [1.807, 2.05) is 20.2 Å². The van der Waals surface area contributed by atoms with Crippen LogP contribution in [0.25, 0.3) is 0 Å². The number of Topliss-reactive ketones (excluding diaryl/α,β-unsaturated/α-hetero) is 1. The fourth-order valence-corrected chi connectivity index (χ4v) is 8.18. The van der Waals surface area contributed by atoms with E-state index in [1.165, 1.54) is 25.2 Å². The lowest BCUT2D eigenvalue weighted by Gasteiger charge is -2.55. The topological polar surface area (TPSA) is 99.2 Å². The Balaban J connectivity index is 1.64. The lowest BCUT2D eigenvalue weighted by Crippen LogP contribution is -2.58. The Kier molecular flexibility index (Phi) is 7.40. The number of allylic oxidation sites excluding steroid dienone is 4. The number of esters is 1. The highest BCUT2D eigenvalue weighted by Gasteiger charge is 2.68. The average Bonchev–Trinajstić information content (AvgIpc) is 3.22. The summed E-state index contributed by atoms with van der Waals surface area (Å²) in [6.45, 7) is 2.90.